The Morgan fingerprint density at radius 2 is 2.05 bits per heavy atom. The number of nitrogens with zero attached hydrogens (tertiary/aromatic N) is 1. The number of nitrogens with two attached hydrogens (primary N) is 2. The average Bonchev–Trinajstić information content (AvgIpc) is 2.40. The second-order valence-electron chi connectivity index (χ2n) is 3.35. The maximum Gasteiger partial charge on any atom is 0.290 e. The lowest BCUT2D eigenvalue weighted by atomic mass is 10.1. The van der Waals surface area contributed by atoms with E-state index in [9.17, 15) is 4.79 Å². The molecule has 7 N–H and O–H groups in total. The van der Waals surface area contributed by atoms with Crippen LogP contribution in [0.5, 0.6) is 0 Å². The molecule has 0 radical (unpaired) electrons. The standard InChI is InChI=1S/C8H17N5O.C2H6.CH2O2/c9-8(10)13-3-1-2-6-7(14)12-5-4-11-6;1-2;2-1-3/h6,11H,1-5H2,(H,12,14)(H4,9,10,13);1-2H3;1H,(H,2,3). The first kappa shape index (κ1) is 19.5. The van der Waals surface area contributed by atoms with Crippen LogP contribution in [0.4, 0.5) is 0 Å². The molecule has 112 valence electrons. The Bertz CT molecular complexity index is 267. The van der Waals surface area contributed by atoms with Gasteiger partial charge in [-0.05, 0) is 12.8 Å². The maximum atomic E-state index is 11.3. The van der Waals surface area contributed by atoms with Crippen LogP contribution in [0.3, 0.4) is 0 Å². The Kier molecular flexibility index (Phi) is 14.6. The van der Waals surface area contributed by atoms with Crippen molar-refractivity contribution in [3.63, 3.8) is 0 Å². The molecule has 0 saturated carbocycles. The number of hydrogen-bond acceptors (Lipinski definition) is 4. The average molecular weight is 275 g/mol. The molecule has 8 heteroatoms. The number of rotatable bonds is 4. The van der Waals surface area contributed by atoms with Gasteiger partial charge in [-0.1, -0.05) is 13.8 Å². The van der Waals surface area contributed by atoms with Crippen LogP contribution in [0.15, 0.2) is 4.99 Å². The van der Waals surface area contributed by atoms with Crippen molar-refractivity contribution in [3.8, 4) is 0 Å². The number of carboxylic acid groups (broad SMARTS) is 1. The van der Waals surface area contributed by atoms with E-state index in [2.05, 4.69) is 15.6 Å². The van der Waals surface area contributed by atoms with Crippen molar-refractivity contribution in [2.45, 2.75) is 32.7 Å². The lowest BCUT2D eigenvalue weighted by Gasteiger charge is -2.22. The van der Waals surface area contributed by atoms with E-state index in [0.717, 1.165) is 19.4 Å². The quantitative estimate of drug-likeness (QED) is 0.190. The van der Waals surface area contributed by atoms with Crippen LogP contribution in [0.25, 0.3) is 0 Å². The molecule has 1 aliphatic heterocycles. The highest BCUT2D eigenvalue weighted by Crippen LogP contribution is 2.00. The molecular weight excluding hydrogens is 250 g/mol. The van der Waals surface area contributed by atoms with Crippen LogP contribution in [0, 0.1) is 0 Å². The van der Waals surface area contributed by atoms with E-state index in [1.54, 1.807) is 0 Å². The predicted octanol–water partition coefficient (Wildman–Crippen LogP) is -1.14. The summed E-state index contributed by atoms with van der Waals surface area (Å²) < 4.78 is 0. The number of carbonyl (C=O) groups is 2. The molecule has 1 heterocycles. The zero-order valence-electron chi connectivity index (χ0n) is 11.6. The molecule has 1 unspecified atom stereocenters. The minimum absolute atomic E-state index is 0.0703. The fourth-order valence-corrected chi connectivity index (χ4v) is 1.38. The van der Waals surface area contributed by atoms with Crippen LogP contribution in [0.2, 0.25) is 0 Å². The fourth-order valence-electron chi connectivity index (χ4n) is 1.38. The van der Waals surface area contributed by atoms with E-state index in [1.165, 1.54) is 0 Å². The van der Waals surface area contributed by atoms with Crippen molar-refractivity contribution in [1.82, 2.24) is 10.6 Å². The van der Waals surface area contributed by atoms with E-state index in [1.807, 2.05) is 13.8 Å². The molecule has 0 aromatic heterocycles. The Labute approximate surface area is 113 Å². The fraction of sp³-hybridized carbons (Fsp3) is 0.727. The molecule has 1 rings (SSSR count). The Morgan fingerprint density at radius 1 is 1.47 bits per heavy atom. The van der Waals surface area contributed by atoms with E-state index in [-0.39, 0.29) is 24.4 Å². The monoisotopic (exact) mass is 275 g/mol. The van der Waals surface area contributed by atoms with Gasteiger partial charge < -0.3 is 27.2 Å². The summed E-state index contributed by atoms with van der Waals surface area (Å²) >= 11 is 0. The number of piperazine rings is 1. The van der Waals surface area contributed by atoms with E-state index < -0.39 is 0 Å². The molecule has 0 bridgehead atoms. The molecule has 1 atom stereocenters. The van der Waals surface area contributed by atoms with E-state index in [0.29, 0.717) is 13.1 Å². The molecule has 19 heavy (non-hydrogen) atoms. The minimum atomic E-state index is -0.250. The number of carbonyl (C=O) groups excluding carboxylic acids is 1. The molecular formula is C11H25N5O3. The first-order valence-electron chi connectivity index (χ1n) is 6.26. The molecule has 1 amide bonds. The van der Waals surface area contributed by atoms with Gasteiger partial charge in [0.25, 0.3) is 6.47 Å². The van der Waals surface area contributed by atoms with Gasteiger partial charge in [-0.25, -0.2) is 0 Å². The van der Waals surface area contributed by atoms with Crippen LogP contribution in [-0.2, 0) is 9.59 Å². The van der Waals surface area contributed by atoms with Gasteiger partial charge in [0.15, 0.2) is 5.96 Å². The summed E-state index contributed by atoms with van der Waals surface area (Å²) in [6.45, 7) is 5.87. The highest BCUT2D eigenvalue weighted by Gasteiger charge is 2.19. The summed E-state index contributed by atoms with van der Waals surface area (Å²) in [5.41, 5.74) is 10.3. The second kappa shape index (κ2) is 14.2. The topological polar surface area (TPSA) is 143 Å². The van der Waals surface area contributed by atoms with Crippen molar-refractivity contribution >= 4 is 18.3 Å². The van der Waals surface area contributed by atoms with E-state index >= 15 is 0 Å². The summed E-state index contributed by atoms with van der Waals surface area (Å²) in [5.74, 6) is 0.173. The Morgan fingerprint density at radius 3 is 2.53 bits per heavy atom. The smallest absolute Gasteiger partial charge is 0.290 e. The molecule has 8 nitrogen and oxygen atoms in total. The molecule has 1 fully saturated rings. The van der Waals surface area contributed by atoms with Crippen molar-refractivity contribution in [1.29, 1.82) is 0 Å². The molecule has 0 aromatic carbocycles. The summed E-state index contributed by atoms with van der Waals surface area (Å²) in [5, 5.41) is 12.8. The zero-order valence-corrected chi connectivity index (χ0v) is 11.6. The number of guanidine groups is 1. The highest BCUT2D eigenvalue weighted by molar-refractivity contribution is 5.82. The Balaban J connectivity index is 0. The van der Waals surface area contributed by atoms with Crippen molar-refractivity contribution in [3.05, 3.63) is 0 Å². The van der Waals surface area contributed by atoms with Gasteiger partial charge in [0, 0.05) is 19.6 Å². The lowest BCUT2D eigenvalue weighted by molar-refractivity contribution is -0.124. The zero-order chi connectivity index (χ0) is 15.1. The molecule has 0 aliphatic carbocycles. The number of nitrogens with one attached hydrogen (secondary N) is 2. The third kappa shape index (κ3) is 12.4. The summed E-state index contributed by atoms with van der Waals surface area (Å²) in [6, 6.07) is -0.0852. The van der Waals surface area contributed by atoms with Crippen LogP contribution in [0.1, 0.15) is 26.7 Å². The lowest BCUT2D eigenvalue weighted by Crippen LogP contribution is -2.52. The first-order valence-corrected chi connectivity index (χ1v) is 6.26. The second-order valence-corrected chi connectivity index (χ2v) is 3.35. The van der Waals surface area contributed by atoms with Gasteiger partial charge in [-0.15, -0.1) is 0 Å². The largest absolute Gasteiger partial charge is 0.483 e. The van der Waals surface area contributed by atoms with Gasteiger partial charge >= 0.3 is 0 Å². The Hall–Kier alpha value is -1.83. The number of aliphatic imine (C=N–C) groups is 1. The van der Waals surface area contributed by atoms with Crippen LogP contribution >= 0.6 is 0 Å². The highest BCUT2D eigenvalue weighted by atomic mass is 16.3. The third-order valence-electron chi connectivity index (χ3n) is 2.08. The van der Waals surface area contributed by atoms with Gasteiger partial charge in [-0.3, -0.25) is 14.6 Å². The van der Waals surface area contributed by atoms with Gasteiger partial charge in [0.05, 0.1) is 6.04 Å². The van der Waals surface area contributed by atoms with Crippen molar-refractivity contribution in [2.24, 2.45) is 16.5 Å². The van der Waals surface area contributed by atoms with Gasteiger partial charge in [0.1, 0.15) is 0 Å². The van der Waals surface area contributed by atoms with Crippen molar-refractivity contribution < 1.29 is 14.7 Å². The van der Waals surface area contributed by atoms with Crippen LogP contribution in [-0.4, -0.2) is 49.1 Å². The molecule has 1 aliphatic rings. The molecule has 0 spiro atoms. The summed E-state index contributed by atoms with van der Waals surface area (Å²) in [4.78, 5) is 23.5. The normalized spacial score (nSPS) is 16.7. The molecule has 1 saturated heterocycles. The van der Waals surface area contributed by atoms with Gasteiger partial charge in [-0.2, -0.15) is 0 Å². The SMILES string of the molecule is CC.NC(N)=NCCCC1NCCNC1=O.O=CO. The minimum Gasteiger partial charge on any atom is -0.483 e. The number of amides is 1. The van der Waals surface area contributed by atoms with Gasteiger partial charge in [0.2, 0.25) is 5.91 Å². The predicted molar refractivity (Wildman–Crippen MR) is 74.8 cm³/mol. The van der Waals surface area contributed by atoms with Crippen LogP contribution < -0.4 is 22.1 Å². The maximum absolute atomic E-state index is 11.3. The van der Waals surface area contributed by atoms with E-state index in [4.69, 9.17) is 21.4 Å². The third-order valence-corrected chi connectivity index (χ3v) is 2.08. The number of hydrogen-bond donors (Lipinski definition) is 5. The summed E-state index contributed by atoms with van der Waals surface area (Å²) in [7, 11) is 0. The van der Waals surface area contributed by atoms with Crippen molar-refractivity contribution in [2.75, 3.05) is 19.6 Å². The molecule has 0 aromatic rings. The first-order chi connectivity index (χ1) is 9.11. The summed E-state index contributed by atoms with van der Waals surface area (Å²) in [6.07, 6.45) is 1.58.